The Bertz CT molecular complexity index is 689. The highest BCUT2D eigenvalue weighted by molar-refractivity contribution is 5.90. The maximum atomic E-state index is 8.96. The molecule has 0 aliphatic carbocycles. The zero-order chi connectivity index (χ0) is 11.5. The minimum absolute atomic E-state index is 0.430. The van der Waals surface area contributed by atoms with Gasteiger partial charge in [-0.1, -0.05) is 6.07 Å². The second kappa shape index (κ2) is 3.73. The molecule has 0 bridgehead atoms. The van der Waals surface area contributed by atoms with Crippen molar-refractivity contribution in [1.29, 1.82) is 15.8 Å². The summed E-state index contributed by atoms with van der Waals surface area (Å²) in [5.41, 5.74) is 1.41. The number of hydrogen-bond donors (Lipinski definition) is 0. The van der Waals surface area contributed by atoms with Crippen molar-refractivity contribution < 1.29 is 0 Å². The van der Waals surface area contributed by atoms with Crippen molar-refractivity contribution in [2.24, 2.45) is 0 Å². The van der Waals surface area contributed by atoms with Gasteiger partial charge < -0.3 is 0 Å². The van der Waals surface area contributed by atoms with Crippen LogP contribution in [0, 0.1) is 34.0 Å². The minimum Gasteiger partial charge on any atom is -0.192 e. The fraction of sp³-hybridized carbons (Fsp3) is 0. The van der Waals surface area contributed by atoms with Crippen molar-refractivity contribution in [1.82, 2.24) is 0 Å². The molecule has 0 heterocycles. The molecule has 0 radical (unpaired) electrons. The van der Waals surface area contributed by atoms with E-state index in [1.807, 2.05) is 18.2 Å². The summed E-state index contributed by atoms with van der Waals surface area (Å²) in [7, 11) is 0. The number of hydrogen-bond acceptors (Lipinski definition) is 3. The Morgan fingerprint density at radius 3 is 2.06 bits per heavy atom. The van der Waals surface area contributed by atoms with Gasteiger partial charge >= 0.3 is 0 Å². The molecule has 2 aromatic rings. The van der Waals surface area contributed by atoms with Gasteiger partial charge in [0.2, 0.25) is 0 Å². The van der Waals surface area contributed by atoms with Gasteiger partial charge in [-0.2, -0.15) is 15.8 Å². The monoisotopic (exact) mass is 203 g/mol. The molecule has 2 aromatic carbocycles. The Balaban J connectivity index is 2.88. The third kappa shape index (κ3) is 1.46. The first-order chi connectivity index (χ1) is 7.78. The number of fused-ring (bicyclic) bond motifs is 1. The van der Waals surface area contributed by atoms with Crippen LogP contribution in [0.25, 0.3) is 10.8 Å². The lowest BCUT2D eigenvalue weighted by atomic mass is 10.0. The van der Waals surface area contributed by atoms with Crippen LogP contribution < -0.4 is 0 Å². The molecule has 3 nitrogen and oxygen atoms in total. The molecule has 2 rings (SSSR count). The second-order valence-electron chi connectivity index (χ2n) is 3.30. The van der Waals surface area contributed by atoms with Gasteiger partial charge in [0.25, 0.3) is 0 Å². The first kappa shape index (κ1) is 9.71. The number of nitriles is 3. The lowest BCUT2D eigenvalue weighted by molar-refractivity contribution is 1.46. The van der Waals surface area contributed by atoms with Crippen LogP contribution in [-0.2, 0) is 0 Å². The van der Waals surface area contributed by atoms with Gasteiger partial charge in [-0.3, -0.25) is 0 Å². The number of benzene rings is 2. The van der Waals surface area contributed by atoms with Gasteiger partial charge in [-0.15, -0.1) is 0 Å². The molecular formula is C13H5N3. The molecule has 0 N–H and O–H groups in total. The van der Waals surface area contributed by atoms with E-state index in [9.17, 15) is 0 Å². The minimum atomic E-state index is 0.430. The first-order valence-corrected chi connectivity index (χ1v) is 4.56. The molecule has 0 amide bonds. The summed E-state index contributed by atoms with van der Waals surface area (Å²) in [4.78, 5) is 0. The van der Waals surface area contributed by atoms with Gasteiger partial charge in [0.05, 0.1) is 34.9 Å². The maximum absolute atomic E-state index is 8.96. The van der Waals surface area contributed by atoms with Crippen LogP contribution in [0.1, 0.15) is 16.7 Å². The van der Waals surface area contributed by atoms with Crippen molar-refractivity contribution in [2.75, 3.05) is 0 Å². The SMILES string of the molecule is N#Cc1ccc2c(C#N)cc(C#N)cc2c1. The number of rotatable bonds is 0. The van der Waals surface area contributed by atoms with E-state index in [-0.39, 0.29) is 0 Å². The van der Waals surface area contributed by atoms with Crippen molar-refractivity contribution in [3.05, 3.63) is 47.0 Å². The molecule has 16 heavy (non-hydrogen) atoms. The predicted octanol–water partition coefficient (Wildman–Crippen LogP) is 2.45. The van der Waals surface area contributed by atoms with Crippen LogP contribution in [-0.4, -0.2) is 0 Å². The summed E-state index contributed by atoms with van der Waals surface area (Å²) in [6.07, 6.45) is 0. The molecule has 0 aromatic heterocycles. The Morgan fingerprint density at radius 2 is 1.44 bits per heavy atom. The van der Waals surface area contributed by atoms with E-state index in [1.54, 1.807) is 30.3 Å². The lowest BCUT2D eigenvalue weighted by Gasteiger charge is -2.01. The van der Waals surface area contributed by atoms with Crippen LogP contribution in [0.2, 0.25) is 0 Å². The highest BCUT2D eigenvalue weighted by atomic mass is 14.3. The summed E-state index contributed by atoms with van der Waals surface area (Å²) >= 11 is 0. The smallest absolute Gasteiger partial charge is 0.0998 e. The van der Waals surface area contributed by atoms with E-state index in [1.165, 1.54) is 0 Å². The summed E-state index contributed by atoms with van der Waals surface area (Å²) in [6.45, 7) is 0. The van der Waals surface area contributed by atoms with E-state index >= 15 is 0 Å². The standard InChI is InChI=1S/C13H5N3/c14-6-9-1-2-13-11(3-9)4-10(7-15)5-12(13)8-16/h1-5H. The average Bonchev–Trinajstić information content (AvgIpc) is 2.36. The van der Waals surface area contributed by atoms with Crippen molar-refractivity contribution in [3.63, 3.8) is 0 Å². The Hall–Kier alpha value is -2.83. The molecule has 0 aliphatic rings. The highest BCUT2D eigenvalue weighted by Gasteiger charge is 2.04. The van der Waals surface area contributed by atoms with E-state index < -0.39 is 0 Å². The summed E-state index contributed by atoms with van der Waals surface area (Å²) < 4.78 is 0. The molecule has 0 spiro atoms. The zero-order valence-electron chi connectivity index (χ0n) is 8.23. The van der Waals surface area contributed by atoms with Crippen molar-refractivity contribution >= 4 is 10.8 Å². The van der Waals surface area contributed by atoms with Crippen molar-refractivity contribution in [2.45, 2.75) is 0 Å². The van der Waals surface area contributed by atoms with Gasteiger partial charge in [0.15, 0.2) is 0 Å². The maximum Gasteiger partial charge on any atom is 0.0998 e. The molecule has 72 valence electrons. The molecule has 0 atom stereocenters. The first-order valence-electron chi connectivity index (χ1n) is 4.56. The molecule has 0 unspecified atom stereocenters. The summed E-state index contributed by atoms with van der Waals surface area (Å²) in [6, 6.07) is 14.4. The Labute approximate surface area is 92.4 Å². The quantitative estimate of drug-likeness (QED) is 0.660. The van der Waals surface area contributed by atoms with Crippen LogP contribution >= 0.6 is 0 Å². The zero-order valence-corrected chi connectivity index (χ0v) is 8.23. The van der Waals surface area contributed by atoms with E-state index in [0.717, 1.165) is 10.8 Å². The number of nitrogens with zero attached hydrogens (tertiary/aromatic N) is 3. The fourth-order valence-corrected chi connectivity index (χ4v) is 1.60. The molecule has 0 saturated carbocycles. The van der Waals surface area contributed by atoms with E-state index in [4.69, 9.17) is 15.8 Å². The largest absolute Gasteiger partial charge is 0.192 e. The van der Waals surface area contributed by atoms with Crippen LogP contribution in [0.15, 0.2) is 30.3 Å². The highest BCUT2D eigenvalue weighted by Crippen LogP contribution is 2.21. The van der Waals surface area contributed by atoms with Gasteiger partial charge in [0, 0.05) is 0 Å². The second-order valence-corrected chi connectivity index (χ2v) is 3.30. The van der Waals surface area contributed by atoms with Gasteiger partial charge in [-0.05, 0) is 35.0 Å². The summed E-state index contributed by atoms with van der Waals surface area (Å²) in [5.74, 6) is 0. The molecule has 3 heteroatoms. The Morgan fingerprint density at radius 1 is 0.750 bits per heavy atom. The molecule has 0 aliphatic heterocycles. The topological polar surface area (TPSA) is 71.4 Å². The average molecular weight is 203 g/mol. The molecule has 0 fully saturated rings. The van der Waals surface area contributed by atoms with Gasteiger partial charge in [-0.25, -0.2) is 0 Å². The van der Waals surface area contributed by atoms with Crippen LogP contribution in [0.5, 0.6) is 0 Å². The third-order valence-corrected chi connectivity index (χ3v) is 2.33. The Kier molecular flexibility index (Phi) is 2.27. The van der Waals surface area contributed by atoms with Crippen molar-refractivity contribution in [3.8, 4) is 18.2 Å². The van der Waals surface area contributed by atoms with E-state index in [2.05, 4.69) is 0 Å². The molecule has 0 saturated heterocycles. The van der Waals surface area contributed by atoms with Crippen LogP contribution in [0.3, 0.4) is 0 Å². The normalized spacial score (nSPS) is 9.06. The van der Waals surface area contributed by atoms with Crippen LogP contribution in [0.4, 0.5) is 0 Å². The lowest BCUT2D eigenvalue weighted by Crippen LogP contribution is -1.84. The van der Waals surface area contributed by atoms with Gasteiger partial charge in [0.1, 0.15) is 0 Å². The molecular weight excluding hydrogens is 198 g/mol. The van der Waals surface area contributed by atoms with E-state index in [0.29, 0.717) is 16.7 Å². The summed E-state index contributed by atoms with van der Waals surface area (Å²) in [5, 5.41) is 28.1. The third-order valence-electron chi connectivity index (χ3n) is 2.33. The predicted molar refractivity (Wildman–Crippen MR) is 58.1 cm³/mol. The fourth-order valence-electron chi connectivity index (χ4n) is 1.60.